The molecule has 0 N–H and O–H groups in total. The Morgan fingerprint density at radius 2 is 2.24 bits per heavy atom. The first-order chi connectivity index (χ1) is 8.08. The van der Waals surface area contributed by atoms with Crippen LogP contribution in [-0.2, 0) is 6.42 Å². The normalized spacial score (nSPS) is 16.9. The molecule has 1 aliphatic rings. The maximum atomic E-state index is 10.9. The Hall–Kier alpha value is -1.60. The summed E-state index contributed by atoms with van der Waals surface area (Å²) in [6, 6.07) is 6.90. The lowest BCUT2D eigenvalue weighted by atomic mass is 9.66. The van der Waals surface area contributed by atoms with E-state index in [1.807, 2.05) is 0 Å². The first kappa shape index (κ1) is 11.9. The molecule has 0 saturated heterocycles. The van der Waals surface area contributed by atoms with Crippen molar-refractivity contribution in [2.45, 2.75) is 25.7 Å². The van der Waals surface area contributed by atoms with Crippen molar-refractivity contribution in [3.8, 4) is 6.07 Å². The van der Waals surface area contributed by atoms with Gasteiger partial charge in [0.25, 0.3) is 5.69 Å². The number of halogens is 1. The van der Waals surface area contributed by atoms with Crippen molar-refractivity contribution in [1.82, 2.24) is 0 Å². The molecule has 0 spiro atoms. The van der Waals surface area contributed by atoms with Crippen molar-refractivity contribution < 1.29 is 4.92 Å². The molecule has 0 radical (unpaired) electrons. The molecular weight excluding hydrogens is 240 g/mol. The smallest absolute Gasteiger partial charge is 0.258 e. The minimum absolute atomic E-state index is 0.0130. The van der Waals surface area contributed by atoms with Crippen LogP contribution in [0.2, 0.25) is 5.02 Å². The van der Waals surface area contributed by atoms with Gasteiger partial charge in [-0.2, -0.15) is 5.26 Å². The summed E-state index contributed by atoms with van der Waals surface area (Å²) in [4.78, 5) is 10.5. The average Bonchev–Trinajstić information content (AvgIpc) is 2.25. The van der Waals surface area contributed by atoms with Crippen LogP contribution >= 0.6 is 11.6 Å². The van der Waals surface area contributed by atoms with E-state index in [4.69, 9.17) is 16.9 Å². The van der Waals surface area contributed by atoms with Crippen LogP contribution in [0.5, 0.6) is 0 Å². The van der Waals surface area contributed by atoms with Crippen molar-refractivity contribution >= 4 is 17.3 Å². The first-order valence-electron chi connectivity index (χ1n) is 5.41. The third-order valence-corrected chi connectivity index (χ3v) is 3.71. The summed E-state index contributed by atoms with van der Waals surface area (Å²) in [7, 11) is 0. The minimum Gasteiger partial charge on any atom is -0.258 e. The van der Waals surface area contributed by atoms with Gasteiger partial charge in [0, 0.05) is 11.6 Å². The van der Waals surface area contributed by atoms with Crippen LogP contribution in [0.1, 0.15) is 24.8 Å². The van der Waals surface area contributed by atoms with Gasteiger partial charge >= 0.3 is 0 Å². The van der Waals surface area contributed by atoms with Gasteiger partial charge in [-0.3, -0.25) is 10.1 Å². The lowest BCUT2D eigenvalue weighted by Gasteiger charge is -2.35. The van der Waals surface area contributed by atoms with Crippen molar-refractivity contribution in [2.75, 3.05) is 0 Å². The van der Waals surface area contributed by atoms with Crippen LogP contribution in [0, 0.1) is 26.9 Å². The molecule has 1 saturated carbocycles. The molecule has 0 unspecified atom stereocenters. The Morgan fingerprint density at radius 1 is 1.53 bits per heavy atom. The monoisotopic (exact) mass is 250 g/mol. The van der Waals surface area contributed by atoms with Gasteiger partial charge in [0.2, 0.25) is 0 Å². The predicted octanol–water partition coefficient (Wildman–Crippen LogP) is 3.48. The fraction of sp³-hybridized carbons (Fsp3) is 0.417. The maximum absolute atomic E-state index is 10.9. The van der Waals surface area contributed by atoms with Crippen LogP contribution in [0.3, 0.4) is 0 Å². The van der Waals surface area contributed by atoms with Crippen LogP contribution < -0.4 is 0 Å². The van der Waals surface area contributed by atoms with Crippen LogP contribution in [0.15, 0.2) is 18.2 Å². The van der Waals surface area contributed by atoms with Gasteiger partial charge in [0.05, 0.1) is 21.4 Å². The van der Waals surface area contributed by atoms with Gasteiger partial charge < -0.3 is 0 Å². The fourth-order valence-electron chi connectivity index (χ4n) is 2.16. The van der Waals surface area contributed by atoms with Crippen molar-refractivity contribution in [3.05, 3.63) is 38.9 Å². The molecule has 0 atom stereocenters. The second-order valence-electron chi connectivity index (χ2n) is 4.42. The van der Waals surface area contributed by atoms with Gasteiger partial charge in [0.1, 0.15) is 0 Å². The summed E-state index contributed by atoms with van der Waals surface area (Å²) in [5, 5.41) is 20.4. The lowest BCUT2D eigenvalue weighted by Crippen LogP contribution is -2.30. The Kier molecular flexibility index (Phi) is 3.03. The number of nitrogens with zero attached hydrogens (tertiary/aromatic N) is 2. The fourth-order valence-corrected chi connectivity index (χ4v) is 2.40. The quantitative estimate of drug-likeness (QED) is 0.609. The van der Waals surface area contributed by atoms with E-state index in [1.54, 1.807) is 12.1 Å². The molecule has 0 bridgehead atoms. The highest BCUT2D eigenvalue weighted by molar-refractivity contribution is 6.31. The zero-order valence-corrected chi connectivity index (χ0v) is 9.91. The van der Waals surface area contributed by atoms with E-state index in [1.165, 1.54) is 6.07 Å². The zero-order valence-electron chi connectivity index (χ0n) is 9.15. The minimum atomic E-state index is -0.449. The number of nitro benzene ring substituents is 1. The molecule has 0 amide bonds. The summed E-state index contributed by atoms with van der Waals surface area (Å²) in [5.41, 5.74) is 0.0508. The summed E-state index contributed by atoms with van der Waals surface area (Å²) in [6.45, 7) is 0. The highest BCUT2D eigenvalue weighted by atomic mass is 35.5. The summed E-state index contributed by atoms with van der Waals surface area (Å²) in [5.74, 6) is 0. The third kappa shape index (κ3) is 2.11. The Balaban J connectivity index is 2.38. The molecule has 1 fully saturated rings. The molecule has 4 nitrogen and oxygen atoms in total. The van der Waals surface area contributed by atoms with Crippen LogP contribution in [0.25, 0.3) is 0 Å². The SMILES string of the molecule is N#CC1(Cc2c(Cl)cccc2[N+](=O)[O-])CCC1. The summed E-state index contributed by atoms with van der Waals surface area (Å²) in [6.07, 6.45) is 2.98. The zero-order chi connectivity index (χ0) is 12.5. The molecule has 5 heteroatoms. The molecule has 0 heterocycles. The van der Waals surface area contributed by atoms with E-state index in [9.17, 15) is 10.1 Å². The Bertz CT molecular complexity index is 504. The second kappa shape index (κ2) is 4.34. The van der Waals surface area contributed by atoms with Crippen molar-refractivity contribution in [1.29, 1.82) is 5.26 Å². The third-order valence-electron chi connectivity index (χ3n) is 3.35. The van der Waals surface area contributed by atoms with E-state index in [2.05, 4.69) is 6.07 Å². The van der Waals surface area contributed by atoms with E-state index in [0.29, 0.717) is 17.0 Å². The van der Waals surface area contributed by atoms with E-state index in [-0.39, 0.29) is 5.69 Å². The second-order valence-corrected chi connectivity index (χ2v) is 4.82. The molecule has 1 aromatic carbocycles. The largest absolute Gasteiger partial charge is 0.274 e. The molecule has 0 aromatic heterocycles. The lowest BCUT2D eigenvalue weighted by molar-refractivity contribution is -0.385. The molecule has 1 aromatic rings. The van der Waals surface area contributed by atoms with E-state index in [0.717, 1.165) is 19.3 Å². The summed E-state index contributed by atoms with van der Waals surface area (Å²) < 4.78 is 0. The highest BCUT2D eigenvalue weighted by Gasteiger charge is 2.39. The number of hydrogen-bond donors (Lipinski definition) is 0. The molecule has 88 valence electrons. The number of nitro groups is 1. The van der Waals surface area contributed by atoms with Gasteiger partial charge in [-0.05, 0) is 25.3 Å². The Morgan fingerprint density at radius 3 is 2.71 bits per heavy atom. The van der Waals surface area contributed by atoms with Crippen LogP contribution in [0.4, 0.5) is 5.69 Å². The average molecular weight is 251 g/mol. The number of hydrogen-bond acceptors (Lipinski definition) is 3. The first-order valence-corrected chi connectivity index (χ1v) is 5.79. The van der Waals surface area contributed by atoms with Gasteiger partial charge in [-0.25, -0.2) is 0 Å². The van der Waals surface area contributed by atoms with Crippen molar-refractivity contribution in [3.63, 3.8) is 0 Å². The van der Waals surface area contributed by atoms with Crippen LogP contribution in [-0.4, -0.2) is 4.92 Å². The number of nitriles is 1. The predicted molar refractivity (Wildman–Crippen MR) is 63.7 cm³/mol. The molecule has 0 aliphatic heterocycles. The van der Waals surface area contributed by atoms with E-state index < -0.39 is 10.3 Å². The molecule has 2 rings (SSSR count). The van der Waals surface area contributed by atoms with Gasteiger partial charge in [-0.15, -0.1) is 0 Å². The standard InChI is InChI=1S/C12H11ClN2O2/c13-10-3-1-4-11(15(16)17)9(10)7-12(8-14)5-2-6-12/h1,3-4H,2,5-7H2. The van der Waals surface area contributed by atoms with Gasteiger partial charge in [0.15, 0.2) is 0 Å². The number of rotatable bonds is 3. The van der Waals surface area contributed by atoms with E-state index >= 15 is 0 Å². The highest BCUT2D eigenvalue weighted by Crippen LogP contribution is 2.45. The maximum Gasteiger partial charge on any atom is 0.274 e. The summed E-state index contributed by atoms with van der Waals surface area (Å²) >= 11 is 6.00. The molecule has 1 aliphatic carbocycles. The number of benzene rings is 1. The molecule has 17 heavy (non-hydrogen) atoms. The Labute approximate surface area is 104 Å². The molecular formula is C12H11ClN2O2. The van der Waals surface area contributed by atoms with Crippen molar-refractivity contribution in [2.24, 2.45) is 5.41 Å². The van der Waals surface area contributed by atoms with Gasteiger partial charge in [-0.1, -0.05) is 24.1 Å². The topological polar surface area (TPSA) is 66.9 Å².